The van der Waals surface area contributed by atoms with Crippen molar-refractivity contribution in [3.05, 3.63) is 53.9 Å². The minimum Gasteiger partial charge on any atom is -0.388 e. The molecule has 6 nitrogen and oxygen atoms in total. The van der Waals surface area contributed by atoms with Crippen LogP contribution in [0.1, 0.15) is 37.3 Å². The van der Waals surface area contributed by atoms with Gasteiger partial charge in [0.25, 0.3) is 0 Å². The topological polar surface area (TPSA) is 74.5 Å². The normalized spacial score (nSPS) is 15.7. The predicted molar refractivity (Wildman–Crippen MR) is 115 cm³/mol. The first-order valence-corrected chi connectivity index (χ1v) is 8.97. The first-order valence-electron chi connectivity index (χ1n) is 8.97. The molecular formula is C19H28IN5O. The lowest BCUT2D eigenvalue weighted by Gasteiger charge is -2.37. The molecule has 1 aliphatic carbocycles. The van der Waals surface area contributed by atoms with Gasteiger partial charge in [0.05, 0.1) is 18.7 Å². The Morgan fingerprint density at radius 2 is 2.00 bits per heavy atom. The van der Waals surface area contributed by atoms with Crippen LogP contribution in [0, 0.1) is 0 Å². The van der Waals surface area contributed by atoms with Crippen LogP contribution in [-0.2, 0) is 13.1 Å². The lowest BCUT2D eigenvalue weighted by molar-refractivity contribution is -0.0279. The minimum atomic E-state index is -0.561. The van der Waals surface area contributed by atoms with E-state index in [1.165, 1.54) is 11.1 Å². The predicted octanol–water partition coefficient (Wildman–Crippen LogP) is 2.52. The van der Waals surface area contributed by atoms with Crippen molar-refractivity contribution in [2.75, 3.05) is 13.1 Å². The summed E-state index contributed by atoms with van der Waals surface area (Å²) in [6.07, 6.45) is 6.59. The van der Waals surface area contributed by atoms with Gasteiger partial charge in [-0.2, -0.15) is 5.10 Å². The van der Waals surface area contributed by atoms with Crippen LogP contribution < -0.4 is 10.6 Å². The highest BCUT2D eigenvalue weighted by Crippen LogP contribution is 2.30. The van der Waals surface area contributed by atoms with Gasteiger partial charge in [0, 0.05) is 25.5 Å². The second-order valence-electron chi connectivity index (χ2n) is 6.60. The molecule has 0 aliphatic heterocycles. The SMILES string of the molecule is CCNC(=NCc1ccccc1Cn1cccn1)NCC1(O)CCC1.I. The van der Waals surface area contributed by atoms with Crippen LogP contribution in [-0.4, -0.2) is 39.5 Å². The average molecular weight is 469 g/mol. The van der Waals surface area contributed by atoms with Crippen LogP contribution in [0.2, 0.25) is 0 Å². The molecule has 0 radical (unpaired) electrons. The summed E-state index contributed by atoms with van der Waals surface area (Å²) >= 11 is 0. The number of aliphatic imine (C=N–C) groups is 1. The van der Waals surface area contributed by atoms with Crippen molar-refractivity contribution in [3.63, 3.8) is 0 Å². The molecule has 2 aromatic rings. The molecule has 7 heteroatoms. The first-order chi connectivity index (χ1) is 12.2. The van der Waals surface area contributed by atoms with Crippen molar-refractivity contribution in [2.45, 2.75) is 44.9 Å². The van der Waals surface area contributed by atoms with Crippen LogP contribution in [0.25, 0.3) is 0 Å². The van der Waals surface area contributed by atoms with Gasteiger partial charge in [-0.25, -0.2) is 4.99 Å². The molecule has 1 aliphatic rings. The zero-order valence-electron chi connectivity index (χ0n) is 15.2. The number of hydrogen-bond acceptors (Lipinski definition) is 3. The second-order valence-corrected chi connectivity index (χ2v) is 6.60. The van der Waals surface area contributed by atoms with Gasteiger partial charge in [0.15, 0.2) is 5.96 Å². The molecule has 26 heavy (non-hydrogen) atoms. The third-order valence-electron chi connectivity index (χ3n) is 4.63. The number of guanidine groups is 1. The molecule has 0 spiro atoms. The van der Waals surface area contributed by atoms with Crippen LogP contribution >= 0.6 is 24.0 Å². The van der Waals surface area contributed by atoms with Gasteiger partial charge in [-0.15, -0.1) is 24.0 Å². The Morgan fingerprint density at radius 1 is 1.23 bits per heavy atom. The van der Waals surface area contributed by atoms with Crippen molar-refractivity contribution >= 4 is 29.9 Å². The Kier molecular flexibility index (Phi) is 7.89. The summed E-state index contributed by atoms with van der Waals surface area (Å²) < 4.78 is 1.91. The van der Waals surface area contributed by atoms with Gasteiger partial charge in [-0.3, -0.25) is 4.68 Å². The van der Waals surface area contributed by atoms with E-state index < -0.39 is 5.60 Å². The van der Waals surface area contributed by atoms with Gasteiger partial charge >= 0.3 is 0 Å². The Labute approximate surface area is 172 Å². The van der Waals surface area contributed by atoms with Gasteiger partial charge in [0.2, 0.25) is 0 Å². The summed E-state index contributed by atoms with van der Waals surface area (Å²) in [6.45, 7) is 4.71. The molecule has 142 valence electrons. The molecule has 1 heterocycles. The first kappa shape index (κ1) is 20.7. The van der Waals surface area contributed by atoms with Crippen molar-refractivity contribution in [2.24, 2.45) is 4.99 Å². The van der Waals surface area contributed by atoms with E-state index in [9.17, 15) is 5.11 Å². The maximum absolute atomic E-state index is 10.2. The van der Waals surface area contributed by atoms with E-state index in [2.05, 4.69) is 32.9 Å². The monoisotopic (exact) mass is 469 g/mol. The fourth-order valence-electron chi connectivity index (χ4n) is 2.95. The molecule has 0 atom stereocenters. The average Bonchev–Trinajstić information content (AvgIpc) is 3.10. The largest absolute Gasteiger partial charge is 0.388 e. The molecule has 0 unspecified atom stereocenters. The summed E-state index contributed by atoms with van der Waals surface area (Å²) in [5.74, 6) is 0.747. The maximum atomic E-state index is 10.2. The third-order valence-corrected chi connectivity index (χ3v) is 4.63. The van der Waals surface area contributed by atoms with Gasteiger partial charge in [-0.1, -0.05) is 24.3 Å². The number of halogens is 1. The molecule has 0 bridgehead atoms. The molecule has 1 fully saturated rings. The lowest BCUT2D eigenvalue weighted by Crippen LogP contribution is -2.50. The molecule has 0 saturated heterocycles. The maximum Gasteiger partial charge on any atom is 0.191 e. The minimum absolute atomic E-state index is 0. The van der Waals surface area contributed by atoms with Gasteiger partial charge < -0.3 is 15.7 Å². The zero-order chi connectivity index (χ0) is 17.5. The highest BCUT2D eigenvalue weighted by molar-refractivity contribution is 14.0. The molecule has 1 aromatic heterocycles. The lowest BCUT2D eigenvalue weighted by atomic mass is 9.80. The summed E-state index contributed by atoms with van der Waals surface area (Å²) in [5.41, 5.74) is 1.83. The van der Waals surface area contributed by atoms with E-state index >= 15 is 0 Å². The second kappa shape index (κ2) is 9.91. The van der Waals surface area contributed by atoms with E-state index in [0.717, 1.165) is 38.3 Å². The van der Waals surface area contributed by atoms with Crippen molar-refractivity contribution < 1.29 is 5.11 Å². The van der Waals surface area contributed by atoms with E-state index in [4.69, 9.17) is 0 Å². The molecule has 0 amide bonds. The van der Waals surface area contributed by atoms with Crippen LogP contribution in [0.4, 0.5) is 0 Å². The molecule has 3 N–H and O–H groups in total. The van der Waals surface area contributed by atoms with Crippen molar-refractivity contribution in [1.29, 1.82) is 0 Å². The Morgan fingerprint density at radius 3 is 2.62 bits per heavy atom. The number of aliphatic hydroxyl groups is 1. The highest BCUT2D eigenvalue weighted by atomic mass is 127. The molecule has 3 rings (SSSR count). The van der Waals surface area contributed by atoms with E-state index in [-0.39, 0.29) is 24.0 Å². The van der Waals surface area contributed by atoms with E-state index in [1.54, 1.807) is 6.20 Å². The van der Waals surface area contributed by atoms with E-state index in [1.807, 2.05) is 36.0 Å². The zero-order valence-corrected chi connectivity index (χ0v) is 17.5. The smallest absolute Gasteiger partial charge is 0.191 e. The Hall–Kier alpha value is -1.61. The van der Waals surface area contributed by atoms with Crippen LogP contribution in [0.5, 0.6) is 0 Å². The van der Waals surface area contributed by atoms with Crippen molar-refractivity contribution in [1.82, 2.24) is 20.4 Å². The number of rotatable bonds is 7. The number of aromatic nitrogens is 2. The fraction of sp³-hybridized carbons (Fsp3) is 0.474. The van der Waals surface area contributed by atoms with Crippen LogP contribution in [0.3, 0.4) is 0 Å². The van der Waals surface area contributed by atoms with Crippen molar-refractivity contribution in [3.8, 4) is 0 Å². The highest BCUT2D eigenvalue weighted by Gasteiger charge is 2.34. The van der Waals surface area contributed by atoms with Gasteiger partial charge in [-0.05, 0) is 43.4 Å². The number of nitrogens with zero attached hydrogens (tertiary/aromatic N) is 3. The summed E-state index contributed by atoms with van der Waals surface area (Å²) in [5, 5.41) is 21.0. The number of nitrogens with one attached hydrogen (secondary N) is 2. The standard InChI is InChI=1S/C19H27N5O.HI/c1-2-20-18(22-15-19(25)9-5-10-19)21-13-16-7-3-4-8-17(16)14-24-12-6-11-23-24;/h3-4,6-8,11-12,25H,2,5,9-10,13-15H2,1H3,(H2,20,21,22);1H. The summed E-state index contributed by atoms with van der Waals surface area (Å²) in [4.78, 5) is 4.69. The van der Waals surface area contributed by atoms with Crippen LogP contribution in [0.15, 0.2) is 47.7 Å². The van der Waals surface area contributed by atoms with E-state index in [0.29, 0.717) is 13.1 Å². The Bertz CT molecular complexity index is 698. The Balaban J connectivity index is 0.00000243. The number of hydrogen-bond donors (Lipinski definition) is 3. The molecular weight excluding hydrogens is 441 g/mol. The molecule has 1 saturated carbocycles. The third kappa shape index (κ3) is 5.70. The summed E-state index contributed by atoms with van der Waals surface area (Å²) in [6, 6.07) is 10.2. The fourth-order valence-corrected chi connectivity index (χ4v) is 2.95. The quantitative estimate of drug-likeness (QED) is 0.331. The number of benzene rings is 1. The molecule has 1 aromatic carbocycles. The van der Waals surface area contributed by atoms with Gasteiger partial charge in [0.1, 0.15) is 0 Å². The summed E-state index contributed by atoms with van der Waals surface area (Å²) in [7, 11) is 0.